The number of aliphatic carboxylic acids is 1. The molecule has 5 heteroatoms. The Morgan fingerprint density at radius 1 is 1.65 bits per heavy atom. The molecule has 0 bridgehead atoms. The van der Waals surface area contributed by atoms with E-state index in [4.69, 9.17) is 15.6 Å². The van der Waals surface area contributed by atoms with Crippen LogP contribution in [0.15, 0.2) is 24.3 Å². The Morgan fingerprint density at radius 2 is 2.41 bits per heavy atom. The zero-order valence-electron chi connectivity index (χ0n) is 9.22. The van der Waals surface area contributed by atoms with Crippen molar-refractivity contribution < 1.29 is 14.6 Å². The Hall–Kier alpha value is -1.59. The smallest absolute Gasteiger partial charge is 0.320 e. The molecule has 1 aromatic rings. The van der Waals surface area contributed by atoms with Gasteiger partial charge in [-0.05, 0) is 18.1 Å². The first-order valence-electron chi connectivity index (χ1n) is 5.59. The van der Waals surface area contributed by atoms with Gasteiger partial charge in [-0.15, -0.1) is 0 Å². The van der Waals surface area contributed by atoms with Crippen molar-refractivity contribution in [3.63, 3.8) is 0 Å². The number of para-hydroxylation sites is 1. The van der Waals surface area contributed by atoms with Crippen LogP contribution in [0.25, 0.3) is 0 Å². The van der Waals surface area contributed by atoms with E-state index in [-0.39, 0.29) is 11.6 Å². The first-order valence-corrected chi connectivity index (χ1v) is 5.59. The molecular formula is C12H14N2O3. The second-order valence-corrected chi connectivity index (χ2v) is 4.69. The van der Waals surface area contributed by atoms with E-state index in [2.05, 4.69) is 5.32 Å². The van der Waals surface area contributed by atoms with Crippen molar-refractivity contribution in [2.75, 3.05) is 11.9 Å². The molecule has 2 aliphatic heterocycles. The van der Waals surface area contributed by atoms with Crippen LogP contribution in [0.5, 0.6) is 0 Å². The van der Waals surface area contributed by atoms with Crippen molar-refractivity contribution in [2.24, 2.45) is 5.73 Å². The van der Waals surface area contributed by atoms with Crippen LogP contribution in [0.3, 0.4) is 0 Å². The van der Waals surface area contributed by atoms with Crippen LogP contribution < -0.4 is 11.1 Å². The lowest BCUT2D eigenvalue weighted by Gasteiger charge is -2.45. The highest BCUT2D eigenvalue weighted by Crippen LogP contribution is 2.50. The van der Waals surface area contributed by atoms with Gasteiger partial charge in [-0.1, -0.05) is 18.2 Å². The minimum atomic E-state index is -0.964. The number of fused-ring (bicyclic) bond motifs is 3. The minimum Gasteiger partial charge on any atom is -0.480 e. The third kappa shape index (κ3) is 1.36. The van der Waals surface area contributed by atoms with Crippen molar-refractivity contribution in [2.45, 2.75) is 24.1 Å². The van der Waals surface area contributed by atoms with E-state index in [1.54, 1.807) is 0 Å². The maximum atomic E-state index is 10.9. The third-order valence-electron chi connectivity index (χ3n) is 3.66. The molecule has 3 unspecified atom stereocenters. The van der Waals surface area contributed by atoms with Gasteiger partial charge in [-0.25, -0.2) is 0 Å². The van der Waals surface area contributed by atoms with Crippen molar-refractivity contribution >= 4 is 11.7 Å². The van der Waals surface area contributed by atoms with Gasteiger partial charge in [0.1, 0.15) is 12.3 Å². The molecule has 0 aromatic heterocycles. The number of nitrogens with one attached hydrogen (secondary N) is 1. The van der Waals surface area contributed by atoms with Crippen molar-refractivity contribution in [3.05, 3.63) is 29.8 Å². The van der Waals surface area contributed by atoms with Crippen LogP contribution in [0.2, 0.25) is 0 Å². The summed E-state index contributed by atoms with van der Waals surface area (Å²) in [5, 5.41) is 12.2. The van der Waals surface area contributed by atoms with Gasteiger partial charge in [0.2, 0.25) is 0 Å². The van der Waals surface area contributed by atoms with E-state index in [9.17, 15) is 4.79 Å². The summed E-state index contributed by atoms with van der Waals surface area (Å²) in [5.74, 6) is -0.964. The second kappa shape index (κ2) is 3.45. The summed E-state index contributed by atoms with van der Waals surface area (Å²) in [6.45, 7) is 0.530. The number of hydrogen-bond donors (Lipinski definition) is 3. The highest BCUT2D eigenvalue weighted by atomic mass is 16.5. The molecule has 0 aliphatic carbocycles. The Kier molecular flexibility index (Phi) is 2.14. The van der Waals surface area contributed by atoms with Crippen LogP contribution >= 0.6 is 0 Å². The third-order valence-corrected chi connectivity index (χ3v) is 3.66. The molecule has 1 fully saturated rings. The van der Waals surface area contributed by atoms with Crippen LogP contribution in [0.1, 0.15) is 12.0 Å². The summed E-state index contributed by atoms with van der Waals surface area (Å²) < 4.78 is 5.46. The predicted octanol–water partition coefficient (Wildman–Crippen LogP) is 0.508. The lowest BCUT2D eigenvalue weighted by molar-refractivity contribution is -0.145. The molecule has 1 saturated heterocycles. The predicted molar refractivity (Wildman–Crippen MR) is 61.7 cm³/mol. The van der Waals surface area contributed by atoms with Crippen LogP contribution in [0, 0.1) is 0 Å². The van der Waals surface area contributed by atoms with E-state index in [0.717, 1.165) is 11.3 Å². The summed E-state index contributed by atoms with van der Waals surface area (Å²) in [7, 11) is 0. The van der Waals surface area contributed by atoms with Crippen molar-refractivity contribution in [3.8, 4) is 0 Å². The number of anilines is 1. The van der Waals surface area contributed by atoms with Gasteiger partial charge in [-0.2, -0.15) is 0 Å². The normalized spacial score (nSPS) is 30.8. The van der Waals surface area contributed by atoms with Gasteiger partial charge in [0.05, 0.1) is 12.0 Å². The summed E-state index contributed by atoms with van der Waals surface area (Å²) in [6, 6.07) is 7.04. The Labute approximate surface area is 98.6 Å². The molecular weight excluding hydrogens is 220 g/mol. The number of benzene rings is 1. The molecule has 2 heterocycles. The summed E-state index contributed by atoms with van der Waals surface area (Å²) in [4.78, 5) is 10.9. The van der Waals surface area contributed by atoms with Gasteiger partial charge >= 0.3 is 5.97 Å². The zero-order chi connectivity index (χ0) is 12.0. The fraction of sp³-hybridized carbons (Fsp3) is 0.417. The second-order valence-electron chi connectivity index (χ2n) is 4.69. The SMILES string of the molecule is NC(CC12COC1Nc1ccccc12)C(=O)O. The molecule has 90 valence electrons. The highest BCUT2D eigenvalue weighted by molar-refractivity contribution is 5.74. The Bertz CT molecular complexity index is 477. The van der Waals surface area contributed by atoms with E-state index >= 15 is 0 Å². The van der Waals surface area contributed by atoms with Crippen LogP contribution in [-0.4, -0.2) is 30.0 Å². The maximum Gasteiger partial charge on any atom is 0.320 e. The number of ether oxygens (including phenoxy) is 1. The van der Waals surface area contributed by atoms with Gasteiger partial charge in [0.25, 0.3) is 0 Å². The number of hydrogen-bond acceptors (Lipinski definition) is 4. The first kappa shape index (κ1) is 10.6. The largest absolute Gasteiger partial charge is 0.480 e. The average molecular weight is 234 g/mol. The molecule has 0 spiro atoms. The molecule has 4 N–H and O–H groups in total. The number of rotatable bonds is 3. The Balaban J connectivity index is 1.94. The van der Waals surface area contributed by atoms with E-state index in [0.29, 0.717) is 13.0 Å². The Morgan fingerprint density at radius 3 is 3.06 bits per heavy atom. The number of carbonyl (C=O) groups is 1. The number of carboxylic acids is 1. The monoisotopic (exact) mass is 234 g/mol. The minimum absolute atomic E-state index is 0.134. The molecule has 17 heavy (non-hydrogen) atoms. The summed E-state index contributed by atoms with van der Waals surface area (Å²) in [5.41, 5.74) is 7.52. The maximum absolute atomic E-state index is 10.9. The molecule has 1 aromatic carbocycles. The van der Waals surface area contributed by atoms with Gasteiger partial charge in [0.15, 0.2) is 0 Å². The molecule has 0 saturated carbocycles. The van der Waals surface area contributed by atoms with E-state index in [1.807, 2.05) is 24.3 Å². The van der Waals surface area contributed by atoms with E-state index < -0.39 is 12.0 Å². The highest BCUT2D eigenvalue weighted by Gasteiger charge is 2.56. The number of carboxylic acid groups (broad SMARTS) is 1. The molecule has 2 aliphatic rings. The van der Waals surface area contributed by atoms with Crippen molar-refractivity contribution in [1.82, 2.24) is 0 Å². The van der Waals surface area contributed by atoms with E-state index in [1.165, 1.54) is 0 Å². The van der Waals surface area contributed by atoms with Crippen molar-refractivity contribution in [1.29, 1.82) is 0 Å². The molecule has 5 nitrogen and oxygen atoms in total. The van der Waals surface area contributed by atoms with Gasteiger partial charge in [-0.3, -0.25) is 4.79 Å². The molecule has 3 atom stereocenters. The summed E-state index contributed by atoms with van der Waals surface area (Å²) in [6.07, 6.45) is 0.266. The zero-order valence-corrected chi connectivity index (χ0v) is 9.22. The average Bonchev–Trinajstić information content (AvgIpc) is 2.51. The quantitative estimate of drug-likeness (QED) is 0.709. The molecule has 3 rings (SSSR count). The fourth-order valence-electron chi connectivity index (χ4n) is 2.71. The molecule has 0 radical (unpaired) electrons. The topological polar surface area (TPSA) is 84.6 Å². The first-order chi connectivity index (χ1) is 8.13. The van der Waals surface area contributed by atoms with Crippen LogP contribution in [-0.2, 0) is 14.9 Å². The lowest BCUT2D eigenvalue weighted by atomic mass is 9.73. The number of nitrogens with two attached hydrogens (primary N) is 1. The molecule has 0 amide bonds. The summed E-state index contributed by atoms with van der Waals surface area (Å²) >= 11 is 0. The lowest BCUT2D eigenvalue weighted by Crippen LogP contribution is -2.58. The standard InChI is InChI=1S/C12H14N2O3/c13-8(10(15)16)5-12-6-17-11(12)14-9-4-2-1-3-7(9)12/h1-4,8,11,14H,5-6,13H2,(H,15,16). The van der Waals surface area contributed by atoms with Gasteiger partial charge in [0, 0.05) is 5.69 Å². The fourth-order valence-corrected chi connectivity index (χ4v) is 2.71. The van der Waals surface area contributed by atoms with Crippen LogP contribution in [0.4, 0.5) is 5.69 Å². The van der Waals surface area contributed by atoms with Gasteiger partial charge < -0.3 is 20.9 Å².